The van der Waals surface area contributed by atoms with Crippen LogP contribution in [0.25, 0.3) is 5.65 Å². The van der Waals surface area contributed by atoms with Crippen molar-refractivity contribution in [2.75, 3.05) is 18.6 Å². The van der Waals surface area contributed by atoms with Gasteiger partial charge in [0.2, 0.25) is 0 Å². The maximum Gasteiger partial charge on any atom is 0.191 e. The molecule has 2 aromatic heterocycles. The molecule has 9 heteroatoms. The van der Waals surface area contributed by atoms with Gasteiger partial charge in [0.05, 0.1) is 18.0 Å². The average molecular weight is 493 g/mol. The first kappa shape index (κ1) is 22.7. The Kier molecular flexibility index (Phi) is 8.81. The molecule has 2 aromatic rings. The van der Waals surface area contributed by atoms with E-state index >= 15 is 0 Å². The third-order valence-electron chi connectivity index (χ3n) is 3.79. The van der Waals surface area contributed by atoms with Gasteiger partial charge in [-0.05, 0) is 39.3 Å². The zero-order valence-electron chi connectivity index (χ0n) is 15.7. The standard InChI is InChI=1S/C17H27N5O2S.HI/c1-5-18-17(20-13(2)9-10-25(4,23)24)19-11-15-12-22-14(3)7-6-8-16(22)21-15;/h6-8,12-13H,5,9-11H2,1-4H3,(H2,18,19,20);1H. The molecule has 0 fully saturated rings. The van der Waals surface area contributed by atoms with Crippen LogP contribution in [0.5, 0.6) is 0 Å². The van der Waals surface area contributed by atoms with E-state index in [1.54, 1.807) is 0 Å². The number of pyridine rings is 1. The number of aromatic nitrogens is 2. The van der Waals surface area contributed by atoms with Crippen molar-refractivity contribution in [3.8, 4) is 0 Å². The number of rotatable bonds is 7. The number of nitrogens with zero attached hydrogens (tertiary/aromatic N) is 3. The van der Waals surface area contributed by atoms with Gasteiger partial charge in [-0.2, -0.15) is 0 Å². The van der Waals surface area contributed by atoms with E-state index in [1.807, 2.05) is 49.6 Å². The summed E-state index contributed by atoms with van der Waals surface area (Å²) in [5, 5.41) is 6.43. The normalized spacial score (nSPS) is 13.3. The quantitative estimate of drug-likeness (QED) is 0.351. The van der Waals surface area contributed by atoms with Gasteiger partial charge in [-0.25, -0.2) is 18.4 Å². The van der Waals surface area contributed by atoms with Crippen molar-refractivity contribution in [3.05, 3.63) is 35.8 Å². The fourth-order valence-electron chi connectivity index (χ4n) is 2.45. The SMILES string of the molecule is CCNC(=NCc1cn2c(C)cccc2n1)NC(C)CCS(C)(=O)=O.I. The number of aryl methyl sites for hydroxylation is 1. The van der Waals surface area contributed by atoms with Crippen molar-refractivity contribution in [3.63, 3.8) is 0 Å². The Hall–Kier alpha value is -1.36. The van der Waals surface area contributed by atoms with E-state index < -0.39 is 9.84 Å². The number of hydrogen-bond acceptors (Lipinski definition) is 4. The second-order valence-corrected chi connectivity index (χ2v) is 8.55. The summed E-state index contributed by atoms with van der Waals surface area (Å²) in [6.07, 6.45) is 3.78. The van der Waals surface area contributed by atoms with Gasteiger partial charge in [-0.3, -0.25) is 0 Å². The smallest absolute Gasteiger partial charge is 0.191 e. The van der Waals surface area contributed by atoms with Crippen LogP contribution >= 0.6 is 24.0 Å². The van der Waals surface area contributed by atoms with Crippen LogP contribution in [0.4, 0.5) is 0 Å². The molecule has 1 unspecified atom stereocenters. The van der Waals surface area contributed by atoms with E-state index in [9.17, 15) is 8.42 Å². The lowest BCUT2D eigenvalue weighted by Crippen LogP contribution is -2.42. The van der Waals surface area contributed by atoms with Crippen LogP contribution in [-0.4, -0.2) is 48.4 Å². The molecular formula is C17H28IN5O2S. The maximum atomic E-state index is 11.3. The second-order valence-electron chi connectivity index (χ2n) is 6.29. The summed E-state index contributed by atoms with van der Waals surface area (Å²) in [7, 11) is -2.95. The summed E-state index contributed by atoms with van der Waals surface area (Å²) in [4.78, 5) is 9.14. The molecule has 1 atom stereocenters. The lowest BCUT2D eigenvalue weighted by Gasteiger charge is -2.17. The highest BCUT2D eigenvalue weighted by Crippen LogP contribution is 2.09. The third-order valence-corrected chi connectivity index (χ3v) is 4.77. The second kappa shape index (κ2) is 10.1. The van der Waals surface area contributed by atoms with Crippen LogP contribution in [0.1, 0.15) is 31.7 Å². The molecular weight excluding hydrogens is 465 g/mol. The fraction of sp³-hybridized carbons (Fsp3) is 0.529. The Labute approximate surface area is 172 Å². The molecule has 146 valence electrons. The Bertz CT molecular complexity index is 848. The van der Waals surface area contributed by atoms with Gasteiger partial charge < -0.3 is 15.0 Å². The van der Waals surface area contributed by atoms with Gasteiger partial charge in [-0.1, -0.05) is 6.07 Å². The van der Waals surface area contributed by atoms with Gasteiger partial charge in [0.25, 0.3) is 0 Å². The van der Waals surface area contributed by atoms with Gasteiger partial charge in [0, 0.05) is 30.7 Å². The Morgan fingerprint density at radius 1 is 1.38 bits per heavy atom. The Balaban J connectivity index is 0.00000338. The van der Waals surface area contributed by atoms with E-state index in [0.717, 1.165) is 23.6 Å². The molecule has 2 rings (SSSR count). The number of hydrogen-bond donors (Lipinski definition) is 2. The van der Waals surface area contributed by atoms with Crippen molar-refractivity contribution in [2.45, 2.75) is 39.8 Å². The van der Waals surface area contributed by atoms with Gasteiger partial charge in [-0.15, -0.1) is 24.0 Å². The van der Waals surface area contributed by atoms with Crippen molar-refractivity contribution in [2.24, 2.45) is 4.99 Å². The van der Waals surface area contributed by atoms with Crippen LogP contribution < -0.4 is 10.6 Å². The molecule has 0 aliphatic rings. The van der Waals surface area contributed by atoms with Crippen LogP contribution in [0.15, 0.2) is 29.4 Å². The summed E-state index contributed by atoms with van der Waals surface area (Å²) < 4.78 is 24.6. The summed E-state index contributed by atoms with van der Waals surface area (Å²) in [5.74, 6) is 0.823. The summed E-state index contributed by atoms with van der Waals surface area (Å²) in [5.41, 5.74) is 2.92. The average Bonchev–Trinajstić information content (AvgIpc) is 2.95. The van der Waals surface area contributed by atoms with Crippen LogP contribution in [0, 0.1) is 6.92 Å². The fourth-order valence-corrected chi connectivity index (χ4v) is 3.23. The monoisotopic (exact) mass is 493 g/mol. The highest BCUT2D eigenvalue weighted by molar-refractivity contribution is 14.0. The number of guanidine groups is 1. The minimum atomic E-state index is -2.95. The first-order valence-corrected chi connectivity index (χ1v) is 10.5. The predicted molar refractivity (Wildman–Crippen MR) is 117 cm³/mol. The number of aliphatic imine (C=N–C) groups is 1. The number of nitrogens with one attached hydrogen (secondary N) is 2. The lowest BCUT2D eigenvalue weighted by molar-refractivity contribution is 0.581. The molecule has 26 heavy (non-hydrogen) atoms. The number of fused-ring (bicyclic) bond motifs is 1. The minimum Gasteiger partial charge on any atom is -0.357 e. The molecule has 0 saturated heterocycles. The van der Waals surface area contributed by atoms with Crippen LogP contribution in [-0.2, 0) is 16.4 Å². The molecule has 0 aromatic carbocycles. The van der Waals surface area contributed by atoms with E-state index in [1.165, 1.54) is 6.26 Å². The molecule has 0 saturated carbocycles. The first-order chi connectivity index (χ1) is 11.8. The molecule has 0 spiro atoms. The first-order valence-electron chi connectivity index (χ1n) is 8.44. The molecule has 7 nitrogen and oxygen atoms in total. The van der Waals surface area contributed by atoms with E-state index in [4.69, 9.17) is 0 Å². The molecule has 0 radical (unpaired) electrons. The van der Waals surface area contributed by atoms with E-state index in [0.29, 0.717) is 18.9 Å². The van der Waals surface area contributed by atoms with Gasteiger partial charge in [0.15, 0.2) is 5.96 Å². The minimum absolute atomic E-state index is 0. The van der Waals surface area contributed by atoms with E-state index in [2.05, 4.69) is 20.6 Å². The zero-order chi connectivity index (χ0) is 18.4. The molecule has 2 N–H and O–H groups in total. The molecule has 0 amide bonds. The molecule has 0 aliphatic carbocycles. The van der Waals surface area contributed by atoms with Gasteiger partial charge in [0.1, 0.15) is 15.5 Å². The Morgan fingerprint density at radius 2 is 2.12 bits per heavy atom. The molecule has 0 aliphatic heterocycles. The van der Waals surface area contributed by atoms with Crippen LogP contribution in [0.2, 0.25) is 0 Å². The summed E-state index contributed by atoms with van der Waals surface area (Å²) in [6.45, 7) is 7.17. The van der Waals surface area contributed by atoms with Crippen molar-refractivity contribution >= 4 is 45.4 Å². The lowest BCUT2D eigenvalue weighted by atomic mass is 10.3. The largest absolute Gasteiger partial charge is 0.357 e. The van der Waals surface area contributed by atoms with Crippen LogP contribution in [0.3, 0.4) is 0 Å². The number of halogens is 1. The topological polar surface area (TPSA) is 87.9 Å². The predicted octanol–water partition coefficient (Wildman–Crippen LogP) is 2.14. The summed E-state index contributed by atoms with van der Waals surface area (Å²) >= 11 is 0. The van der Waals surface area contributed by atoms with E-state index in [-0.39, 0.29) is 35.8 Å². The zero-order valence-corrected chi connectivity index (χ0v) is 18.8. The summed E-state index contributed by atoms with van der Waals surface area (Å²) in [6, 6.07) is 6.00. The van der Waals surface area contributed by atoms with Gasteiger partial charge >= 0.3 is 0 Å². The highest BCUT2D eigenvalue weighted by atomic mass is 127. The van der Waals surface area contributed by atoms with Crippen molar-refractivity contribution < 1.29 is 8.42 Å². The third kappa shape index (κ3) is 7.10. The van der Waals surface area contributed by atoms with Crippen molar-refractivity contribution in [1.82, 2.24) is 20.0 Å². The molecule has 2 heterocycles. The highest BCUT2D eigenvalue weighted by Gasteiger charge is 2.10. The molecule has 0 bridgehead atoms. The number of sulfone groups is 1. The van der Waals surface area contributed by atoms with Crippen molar-refractivity contribution in [1.29, 1.82) is 0 Å². The maximum absolute atomic E-state index is 11.3. The Morgan fingerprint density at radius 3 is 2.73 bits per heavy atom. The number of imidazole rings is 1.